The smallest absolute Gasteiger partial charge is 0.256 e. The number of carbonyl (C=O) groups is 2. The van der Waals surface area contributed by atoms with Gasteiger partial charge in [-0.15, -0.1) is 0 Å². The summed E-state index contributed by atoms with van der Waals surface area (Å²) in [4.78, 5) is 37.7. The van der Waals surface area contributed by atoms with Gasteiger partial charge in [-0.05, 0) is 101 Å². The Kier molecular flexibility index (Phi) is 9.17. The van der Waals surface area contributed by atoms with Crippen molar-refractivity contribution in [1.82, 2.24) is 15.3 Å². The number of hydrogen-bond acceptors (Lipinski definition) is 5. The average molecular weight is 551 g/mol. The van der Waals surface area contributed by atoms with Crippen LogP contribution in [0.25, 0.3) is 22.2 Å². The van der Waals surface area contributed by atoms with Gasteiger partial charge in [0.05, 0.1) is 16.8 Å². The van der Waals surface area contributed by atoms with E-state index in [0.717, 1.165) is 32.5 Å². The number of hydrogen-bond donors (Lipinski definition) is 2. The summed E-state index contributed by atoms with van der Waals surface area (Å²) in [6.07, 6.45) is 5.50. The van der Waals surface area contributed by atoms with Gasteiger partial charge in [0.15, 0.2) is 0 Å². The highest BCUT2D eigenvalue weighted by Crippen LogP contribution is 2.29. The Morgan fingerprint density at radius 2 is 1.73 bits per heavy atom. The van der Waals surface area contributed by atoms with Crippen molar-refractivity contribution < 1.29 is 9.59 Å². The van der Waals surface area contributed by atoms with Crippen molar-refractivity contribution in [3.05, 3.63) is 111 Å². The number of pyridine rings is 2. The van der Waals surface area contributed by atoms with Crippen molar-refractivity contribution in [2.75, 3.05) is 11.9 Å². The van der Waals surface area contributed by atoms with E-state index in [1.165, 1.54) is 10.5 Å². The summed E-state index contributed by atoms with van der Waals surface area (Å²) in [7, 11) is 0. The molecular weight excluding hydrogens is 516 g/mol. The second-order valence-corrected chi connectivity index (χ2v) is 11.3. The first-order valence-electron chi connectivity index (χ1n) is 13.2. The minimum absolute atomic E-state index is 0.164. The summed E-state index contributed by atoms with van der Waals surface area (Å²) < 4.78 is 0. The largest absolute Gasteiger partial charge is 0.347 e. The van der Waals surface area contributed by atoms with E-state index in [1.807, 2.05) is 58.9 Å². The number of thioether (sulfide) groups is 1. The molecule has 0 aliphatic rings. The fourth-order valence-electron chi connectivity index (χ4n) is 4.27. The number of rotatable bonds is 8. The Hall–Kier alpha value is -4.23. The van der Waals surface area contributed by atoms with Crippen LogP contribution in [-0.4, -0.2) is 28.3 Å². The Balaban J connectivity index is 1.55. The number of nitrogens with one attached hydrogen (secondary N) is 2. The highest BCUT2D eigenvalue weighted by atomic mass is 32.2. The van der Waals surface area contributed by atoms with Gasteiger partial charge in [-0.1, -0.05) is 35.0 Å². The van der Waals surface area contributed by atoms with E-state index < -0.39 is 0 Å². The molecule has 0 spiro atoms. The summed E-state index contributed by atoms with van der Waals surface area (Å²) in [5.74, 6) is -0.410. The number of carbonyl (C=O) groups excluding carboxylic acids is 2. The molecule has 204 valence electrons. The monoisotopic (exact) mass is 550 g/mol. The van der Waals surface area contributed by atoms with Crippen molar-refractivity contribution in [1.29, 1.82) is 0 Å². The van der Waals surface area contributed by atoms with Crippen LogP contribution in [0.5, 0.6) is 0 Å². The lowest BCUT2D eigenvalue weighted by molar-refractivity contribution is 0.0957. The molecule has 4 rings (SSSR count). The number of benzene rings is 2. The molecule has 0 aliphatic carbocycles. The predicted octanol–water partition coefficient (Wildman–Crippen LogP) is 7.85. The molecule has 0 saturated heterocycles. The van der Waals surface area contributed by atoms with E-state index in [2.05, 4.69) is 34.7 Å². The minimum Gasteiger partial charge on any atom is -0.347 e. The lowest BCUT2D eigenvalue weighted by Crippen LogP contribution is -2.25. The summed E-state index contributed by atoms with van der Waals surface area (Å²) in [5, 5.41) is 6.79. The summed E-state index contributed by atoms with van der Waals surface area (Å²) in [6, 6.07) is 16.6. The van der Waals surface area contributed by atoms with Crippen molar-refractivity contribution in [3.8, 4) is 11.3 Å². The number of amides is 2. The van der Waals surface area contributed by atoms with Crippen LogP contribution in [0.15, 0.2) is 88.5 Å². The van der Waals surface area contributed by atoms with Crippen LogP contribution in [0, 0.1) is 13.8 Å². The Morgan fingerprint density at radius 3 is 2.38 bits per heavy atom. The zero-order valence-electron chi connectivity index (χ0n) is 23.8. The second-order valence-electron chi connectivity index (χ2n) is 9.91. The molecule has 0 saturated carbocycles. The molecule has 2 heterocycles. The van der Waals surface area contributed by atoms with Crippen LogP contribution in [0.4, 0.5) is 5.69 Å². The third kappa shape index (κ3) is 6.85. The molecule has 2 amide bonds. The average Bonchev–Trinajstić information content (AvgIpc) is 2.95. The van der Waals surface area contributed by atoms with Gasteiger partial charge in [0.1, 0.15) is 0 Å². The standard InChI is InChI=1S/C33H34N4O2S/c1-7-23(6)40-30(20(2)3)19-35-32(38)24-10-12-26(13-11-24)36-33(39)28-17-29(25-9-8-14-34-18-25)37-31-22(5)15-21(4)16-27(28)31/h7-18H,19H2,1-6H3,(H,35,38)(H,36,39)/b23-7-. The maximum atomic E-state index is 13.6. The molecule has 2 aromatic heterocycles. The molecule has 0 atom stereocenters. The van der Waals surface area contributed by atoms with Gasteiger partial charge in [-0.25, -0.2) is 4.98 Å². The van der Waals surface area contributed by atoms with E-state index in [9.17, 15) is 9.59 Å². The maximum absolute atomic E-state index is 13.6. The lowest BCUT2D eigenvalue weighted by atomic mass is 9.99. The highest BCUT2D eigenvalue weighted by molar-refractivity contribution is 8.06. The molecule has 6 nitrogen and oxygen atoms in total. The van der Waals surface area contributed by atoms with Crippen LogP contribution in [0.2, 0.25) is 0 Å². The Labute approximate surface area is 240 Å². The quantitative estimate of drug-likeness (QED) is 0.233. The molecule has 0 unspecified atom stereocenters. The van der Waals surface area contributed by atoms with Crippen molar-refractivity contribution in [2.45, 2.75) is 41.5 Å². The molecule has 2 aromatic carbocycles. The van der Waals surface area contributed by atoms with Crippen LogP contribution in [0.3, 0.4) is 0 Å². The molecule has 0 fully saturated rings. The lowest BCUT2D eigenvalue weighted by Gasteiger charge is -2.13. The van der Waals surface area contributed by atoms with Gasteiger partial charge < -0.3 is 10.6 Å². The topological polar surface area (TPSA) is 84.0 Å². The van der Waals surface area contributed by atoms with Gasteiger partial charge >= 0.3 is 0 Å². The fourth-order valence-corrected chi connectivity index (χ4v) is 5.12. The number of fused-ring (bicyclic) bond motifs is 1. The summed E-state index contributed by atoms with van der Waals surface area (Å²) in [6.45, 7) is 12.6. The van der Waals surface area contributed by atoms with Gasteiger partial charge in [-0.3, -0.25) is 14.6 Å². The molecule has 2 N–H and O–H groups in total. The SMILES string of the molecule is C/C=C(/C)SC(CNC(=O)c1ccc(NC(=O)c2cc(-c3cccnc3)nc3c(C)cc(C)cc23)cc1)=C(C)C. The van der Waals surface area contributed by atoms with Gasteiger partial charge in [-0.2, -0.15) is 0 Å². The number of anilines is 1. The Bertz CT molecular complexity index is 1620. The summed E-state index contributed by atoms with van der Waals surface area (Å²) >= 11 is 1.67. The number of aromatic nitrogens is 2. The van der Waals surface area contributed by atoms with Crippen LogP contribution in [0.1, 0.15) is 59.5 Å². The van der Waals surface area contributed by atoms with E-state index in [1.54, 1.807) is 48.4 Å². The maximum Gasteiger partial charge on any atom is 0.256 e. The third-order valence-electron chi connectivity index (χ3n) is 6.51. The van der Waals surface area contributed by atoms with Crippen molar-refractivity contribution >= 4 is 40.2 Å². The number of aryl methyl sites for hydroxylation is 2. The third-order valence-corrected chi connectivity index (χ3v) is 7.87. The van der Waals surface area contributed by atoms with Crippen molar-refractivity contribution in [3.63, 3.8) is 0 Å². The Morgan fingerprint density at radius 1 is 0.975 bits per heavy atom. The number of allylic oxidation sites excluding steroid dienone is 3. The van der Waals surface area contributed by atoms with E-state index >= 15 is 0 Å². The molecule has 7 heteroatoms. The van der Waals surface area contributed by atoms with Gasteiger partial charge in [0, 0.05) is 46.0 Å². The molecule has 4 aromatic rings. The van der Waals surface area contributed by atoms with Crippen LogP contribution < -0.4 is 10.6 Å². The molecule has 0 bridgehead atoms. The molecule has 0 aliphatic heterocycles. The predicted molar refractivity (Wildman–Crippen MR) is 167 cm³/mol. The first-order chi connectivity index (χ1) is 19.2. The number of nitrogens with zero attached hydrogens (tertiary/aromatic N) is 2. The summed E-state index contributed by atoms with van der Waals surface area (Å²) in [5.41, 5.74) is 7.18. The van der Waals surface area contributed by atoms with Gasteiger partial charge in [0.2, 0.25) is 0 Å². The zero-order valence-corrected chi connectivity index (χ0v) is 24.6. The van der Waals surface area contributed by atoms with Crippen molar-refractivity contribution in [2.24, 2.45) is 0 Å². The normalized spacial score (nSPS) is 11.3. The molecular formula is C33H34N4O2S. The molecule has 0 radical (unpaired) electrons. The van der Waals surface area contributed by atoms with E-state index in [0.29, 0.717) is 29.1 Å². The van der Waals surface area contributed by atoms with Crippen LogP contribution >= 0.6 is 11.8 Å². The first kappa shape index (κ1) is 28.8. The van der Waals surface area contributed by atoms with E-state index in [-0.39, 0.29) is 11.8 Å². The molecule has 40 heavy (non-hydrogen) atoms. The van der Waals surface area contributed by atoms with E-state index in [4.69, 9.17) is 4.98 Å². The highest BCUT2D eigenvalue weighted by Gasteiger charge is 2.17. The van der Waals surface area contributed by atoms with Gasteiger partial charge in [0.25, 0.3) is 11.8 Å². The van der Waals surface area contributed by atoms with Crippen LogP contribution in [-0.2, 0) is 0 Å². The zero-order chi connectivity index (χ0) is 28.8. The minimum atomic E-state index is -0.246. The second kappa shape index (κ2) is 12.7. The first-order valence-corrected chi connectivity index (χ1v) is 14.0. The fraction of sp³-hybridized carbons (Fsp3) is 0.212.